The summed E-state index contributed by atoms with van der Waals surface area (Å²) in [7, 11) is 1.92. The molecule has 0 radical (unpaired) electrons. The van der Waals surface area contributed by atoms with E-state index in [0.29, 0.717) is 17.7 Å². The number of hydrogen-bond acceptors (Lipinski definition) is 7. The van der Waals surface area contributed by atoms with Crippen molar-refractivity contribution in [3.63, 3.8) is 0 Å². The highest BCUT2D eigenvalue weighted by Crippen LogP contribution is 2.19. The zero-order valence-corrected chi connectivity index (χ0v) is 14.2. The monoisotopic (exact) mass is 329 g/mol. The molecule has 1 N–H and O–H groups in total. The lowest BCUT2D eigenvalue weighted by molar-refractivity contribution is 0.382. The summed E-state index contributed by atoms with van der Waals surface area (Å²) in [5, 5.41) is 7.86. The van der Waals surface area contributed by atoms with Crippen molar-refractivity contribution in [1.29, 1.82) is 0 Å². The van der Waals surface area contributed by atoms with Gasteiger partial charge in [0, 0.05) is 23.9 Å². The van der Waals surface area contributed by atoms with E-state index in [-0.39, 0.29) is 12.4 Å². The van der Waals surface area contributed by atoms with Crippen LogP contribution in [0.15, 0.2) is 15.7 Å². The first-order valence-electron chi connectivity index (χ1n) is 6.50. The molecule has 0 saturated carbocycles. The molecule has 0 aromatic carbocycles. The number of aryl methyl sites for hydroxylation is 2. The maximum atomic E-state index is 5.23. The molecule has 1 atom stereocenters. The first-order chi connectivity index (χ1) is 9.56. The highest BCUT2D eigenvalue weighted by Gasteiger charge is 2.10. The Labute approximate surface area is 134 Å². The maximum Gasteiger partial charge on any atom is 0.237 e. The van der Waals surface area contributed by atoms with Crippen molar-refractivity contribution in [2.45, 2.75) is 44.1 Å². The van der Waals surface area contributed by atoms with Gasteiger partial charge in [-0.3, -0.25) is 0 Å². The zero-order chi connectivity index (χ0) is 14.5. The molecular weight excluding hydrogens is 310 g/mol. The van der Waals surface area contributed by atoms with E-state index < -0.39 is 0 Å². The van der Waals surface area contributed by atoms with E-state index >= 15 is 0 Å². The molecule has 0 saturated heterocycles. The van der Waals surface area contributed by atoms with Gasteiger partial charge in [0.1, 0.15) is 0 Å². The van der Waals surface area contributed by atoms with Crippen molar-refractivity contribution in [3.05, 3.63) is 29.2 Å². The Morgan fingerprint density at radius 3 is 2.52 bits per heavy atom. The summed E-state index contributed by atoms with van der Waals surface area (Å²) in [6.45, 7) is 6.00. The van der Waals surface area contributed by atoms with Crippen LogP contribution in [0.4, 0.5) is 0 Å². The van der Waals surface area contributed by atoms with Gasteiger partial charge in [0.2, 0.25) is 5.89 Å². The van der Waals surface area contributed by atoms with E-state index in [1.807, 2.05) is 27.0 Å². The fraction of sp³-hybridized carbons (Fsp3) is 0.538. The SMILES string of the molecule is CNC(C)Cc1noc(CSc2nc(C)cc(C)n2)n1.Cl. The summed E-state index contributed by atoms with van der Waals surface area (Å²) >= 11 is 1.51. The lowest BCUT2D eigenvalue weighted by atomic mass is 10.2. The quantitative estimate of drug-likeness (QED) is 0.643. The van der Waals surface area contributed by atoms with E-state index in [9.17, 15) is 0 Å². The Morgan fingerprint density at radius 1 is 1.24 bits per heavy atom. The minimum atomic E-state index is 0. The molecule has 0 aliphatic heterocycles. The van der Waals surface area contributed by atoms with Crippen molar-refractivity contribution in [2.24, 2.45) is 0 Å². The van der Waals surface area contributed by atoms with Crippen molar-refractivity contribution in [1.82, 2.24) is 25.4 Å². The molecule has 21 heavy (non-hydrogen) atoms. The number of thioether (sulfide) groups is 1. The fourth-order valence-corrected chi connectivity index (χ4v) is 2.48. The number of halogens is 1. The molecule has 2 aromatic heterocycles. The molecule has 0 bridgehead atoms. The van der Waals surface area contributed by atoms with Gasteiger partial charge in [-0.2, -0.15) is 4.98 Å². The van der Waals surface area contributed by atoms with Crippen LogP contribution in [0.25, 0.3) is 0 Å². The lowest BCUT2D eigenvalue weighted by Gasteiger charge is -2.04. The molecule has 2 rings (SSSR count). The lowest BCUT2D eigenvalue weighted by Crippen LogP contribution is -2.24. The minimum Gasteiger partial charge on any atom is -0.338 e. The minimum absolute atomic E-state index is 0. The Kier molecular flexibility index (Phi) is 7.07. The van der Waals surface area contributed by atoms with Crippen LogP contribution in [0.1, 0.15) is 30.0 Å². The van der Waals surface area contributed by atoms with Gasteiger partial charge in [0.05, 0.1) is 5.75 Å². The van der Waals surface area contributed by atoms with E-state index in [4.69, 9.17) is 4.52 Å². The third-order valence-corrected chi connectivity index (χ3v) is 3.61. The number of nitrogens with one attached hydrogen (secondary N) is 1. The second-order valence-electron chi connectivity index (χ2n) is 4.72. The average Bonchev–Trinajstić information content (AvgIpc) is 2.83. The third-order valence-electron chi connectivity index (χ3n) is 2.78. The molecule has 116 valence electrons. The van der Waals surface area contributed by atoms with Gasteiger partial charge in [-0.25, -0.2) is 9.97 Å². The third kappa shape index (κ3) is 5.61. The Hall–Kier alpha value is -1.18. The standard InChI is InChI=1S/C13H19N5OS.ClH/c1-8(14-4)6-11-17-12(19-18-11)7-20-13-15-9(2)5-10(3)16-13;/h5,8,14H,6-7H2,1-4H3;1H. The number of nitrogens with zero attached hydrogens (tertiary/aromatic N) is 4. The molecule has 0 aliphatic carbocycles. The van der Waals surface area contributed by atoms with E-state index in [1.165, 1.54) is 11.8 Å². The van der Waals surface area contributed by atoms with Gasteiger partial charge in [0.25, 0.3) is 0 Å². The number of rotatable bonds is 6. The van der Waals surface area contributed by atoms with Crippen LogP contribution in [-0.2, 0) is 12.2 Å². The van der Waals surface area contributed by atoms with Crippen molar-refractivity contribution in [3.8, 4) is 0 Å². The molecular formula is C13H20ClN5OS. The van der Waals surface area contributed by atoms with Crippen LogP contribution in [0.5, 0.6) is 0 Å². The van der Waals surface area contributed by atoms with Gasteiger partial charge < -0.3 is 9.84 Å². The van der Waals surface area contributed by atoms with Crippen LogP contribution in [0, 0.1) is 13.8 Å². The second kappa shape index (κ2) is 8.31. The van der Waals surface area contributed by atoms with Gasteiger partial charge in [-0.15, -0.1) is 12.4 Å². The van der Waals surface area contributed by atoms with Crippen LogP contribution in [0.3, 0.4) is 0 Å². The largest absolute Gasteiger partial charge is 0.338 e. The van der Waals surface area contributed by atoms with Gasteiger partial charge in [-0.1, -0.05) is 16.9 Å². The predicted molar refractivity (Wildman–Crippen MR) is 84.8 cm³/mol. The summed E-state index contributed by atoms with van der Waals surface area (Å²) in [6, 6.07) is 2.28. The topological polar surface area (TPSA) is 76.7 Å². The van der Waals surface area contributed by atoms with Gasteiger partial charge in [0.15, 0.2) is 11.0 Å². The van der Waals surface area contributed by atoms with Gasteiger partial charge in [-0.05, 0) is 33.9 Å². The Balaban J connectivity index is 0.00000220. The summed E-state index contributed by atoms with van der Waals surface area (Å²) < 4.78 is 5.23. The molecule has 2 aromatic rings. The predicted octanol–water partition coefficient (Wildman–Crippen LogP) is 2.34. The Bertz CT molecular complexity index is 557. The first kappa shape index (κ1) is 17.9. The molecule has 8 heteroatoms. The van der Waals surface area contributed by atoms with Gasteiger partial charge >= 0.3 is 0 Å². The molecule has 6 nitrogen and oxygen atoms in total. The molecule has 2 heterocycles. The van der Waals surface area contributed by atoms with Crippen molar-refractivity contribution >= 4 is 24.2 Å². The summed E-state index contributed by atoms with van der Waals surface area (Å²) in [4.78, 5) is 13.1. The smallest absolute Gasteiger partial charge is 0.237 e. The molecule has 1 unspecified atom stereocenters. The number of likely N-dealkylation sites (N-methyl/N-ethyl adjacent to an activating group) is 1. The fourth-order valence-electron chi connectivity index (χ4n) is 1.69. The summed E-state index contributed by atoms with van der Waals surface area (Å²) in [6.07, 6.45) is 0.755. The highest BCUT2D eigenvalue weighted by atomic mass is 35.5. The van der Waals surface area contributed by atoms with Crippen LogP contribution in [0.2, 0.25) is 0 Å². The first-order valence-corrected chi connectivity index (χ1v) is 7.49. The van der Waals surface area contributed by atoms with E-state index in [0.717, 1.165) is 28.8 Å². The summed E-state index contributed by atoms with van der Waals surface area (Å²) in [5.74, 6) is 1.92. The van der Waals surface area contributed by atoms with E-state index in [1.54, 1.807) is 0 Å². The number of hydrogen-bond donors (Lipinski definition) is 1. The normalized spacial score (nSPS) is 12.0. The van der Waals surface area contributed by atoms with Crippen LogP contribution < -0.4 is 5.32 Å². The molecule has 0 spiro atoms. The Morgan fingerprint density at radius 2 is 1.90 bits per heavy atom. The van der Waals surface area contributed by atoms with Crippen molar-refractivity contribution < 1.29 is 4.52 Å². The average molecular weight is 330 g/mol. The summed E-state index contributed by atoms with van der Waals surface area (Å²) in [5.41, 5.74) is 1.93. The van der Waals surface area contributed by atoms with Crippen molar-refractivity contribution in [2.75, 3.05) is 7.05 Å². The molecule has 0 fully saturated rings. The maximum absolute atomic E-state index is 5.23. The van der Waals surface area contributed by atoms with Crippen LogP contribution in [-0.4, -0.2) is 33.2 Å². The van der Waals surface area contributed by atoms with E-state index in [2.05, 4.69) is 32.3 Å². The van der Waals surface area contributed by atoms with Crippen LogP contribution >= 0.6 is 24.2 Å². The zero-order valence-electron chi connectivity index (χ0n) is 12.6. The second-order valence-corrected chi connectivity index (χ2v) is 5.66. The highest BCUT2D eigenvalue weighted by molar-refractivity contribution is 7.98. The molecule has 0 amide bonds. The number of aromatic nitrogens is 4. The molecule has 0 aliphatic rings.